The van der Waals surface area contributed by atoms with Gasteiger partial charge in [0.15, 0.2) is 0 Å². The van der Waals surface area contributed by atoms with Gasteiger partial charge >= 0.3 is 5.97 Å². The second-order valence-electron chi connectivity index (χ2n) is 1.73. The lowest BCUT2D eigenvalue weighted by Crippen LogP contribution is -1.98. The average molecular weight is 122 g/mol. The van der Waals surface area contributed by atoms with Crippen LogP contribution in [0.3, 0.4) is 0 Å². The highest BCUT2D eigenvalue weighted by atomic mass is 16.4. The summed E-state index contributed by atoms with van der Waals surface area (Å²) in [4.78, 5) is 10.2. The summed E-state index contributed by atoms with van der Waals surface area (Å²) in [6.07, 6.45) is 5.67. The van der Waals surface area contributed by atoms with Crippen LogP contribution < -0.4 is 0 Å². The van der Waals surface area contributed by atoms with E-state index in [2.05, 4.69) is 5.73 Å². The van der Waals surface area contributed by atoms with Crippen molar-refractivity contribution in [3.8, 4) is 0 Å². The molecular weight excluding hydrogens is 116 g/mol. The number of carboxylic acid groups (broad SMARTS) is 1. The third-order valence-electron chi connectivity index (χ3n) is 1.07. The zero-order chi connectivity index (χ0) is 6.69. The molecule has 0 radical (unpaired) electrons. The Morgan fingerprint density at radius 1 is 1.78 bits per heavy atom. The Hall–Kier alpha value is -1.27. The van der Waals surface area contributed by atoms with Crippen LogP contribution in [0, 0.1) is 0 Å². The predicted octanol–water partition coefficient (Wildman–Crippen LogP) is 1.11. The topological polar surface area (TPSA) is 37.3 Å². The van der Waals surface area contributed by atoms with E-state index in [-0.39, 0.29) is 0 Å². The molecule has 0 aliphatic heterocycles. The smallest absolute Gasteiger partial charge is 0.339 e. The van der Waals surface area contributed by atoms with Crippen molar-refractivity contribution in [3.05, 3.63) is 29.5 Å². The van der Waals surface area contributed by atoms with Crippen LogP contribution in [0.5, 0.6) is 0 Å². The van der Waals surface area contributed by atoms with Crippen LogP contribution in [-0.2, 0) is 4.79 Å². The van der Waals surface area contributed by atoms with Crippen LogP contribution in [0.4, 0.5) is 0 Å². The van der Waals surface area contributed by atoms with Crippen molar-refractivity contribution in [3.63, 3.8) is 0 Å². The molecular formula is C7H6O2. The van der Waals surface area contributed by atoms with E-state index in [1.165, 1.54) is 0 Å². The van der Waals surface area contributed by atoms with Gasteiger partial charge in [0.1, 0.15) is 0 Å². The maximum Gasteiger partial charge on any atom is 0.339 e. The van der Waals surface area contributed by atoms with Gasteiger partial charge in [0, 0.05) is 6.42 Å². The Morgan fingerprint density at radius 2 is 2.56 bits per heavy atom. The van der Waals surface area contributed by atoms with Crippen LogP contribution in [-0.4, -0.2) is 11.1 Å². The number of hydrogen-bond donors (Lipinski definition) is 1. The number of rotatable bonds is 1. The first-order chi connectivity index (χ1) is 4.30. The highest BCUT2D eigenvalue weighted by Crippen LogP contribution is 2.04. The van der Waals surface area contributed by atoms with E-state index < -0.39 is 5.97 Å². The van der Waals surface area contributed by atoms with Gasteiger partial charge in [0.05, 0.1) is 5.57 Å². The van der Waals surface area contributed by atoms with E-state index in [4.69, 9.17) is 5.11 Å². The third-order valence-corrected chi connectivity index (χ3v) is 1.07. The van der Waals surface area contributed by atoms with Crippen molar-refractivity contribution in [2.24, 2.45) is 0 Å². The molecule has 1 rings (SSSR count). The fourth-order valence-electron chi connectivity index (χ4n) is 0.611. The highest BCUT2D eigenvalue weighted by Gasteiger charge is 2.03. The minimum absolute atomic E-state index is 0.331. The fourth-order valence-corrected chi connectivity index (χ4v) is 0.611. The Kier molecular flexibility index (Phi) is 1.52. The van der Waals surface area contributed by atoms with Crippen molar-refractivity contribution in [1.82, 2.24) is 0 Å². The summed E-state index contributed by atoms with van der Waals surface area (Å²) >= 11 is 0. The van der Waals surface area contributed by atoms with Crippen molar-refractivity contribution in [1.29, 1.82) is 0 Å². The molecule has 2 heteroatoms. The van der Waals surface area contributed by atoms with E-state index in [1.54, 1.807) is 18.2 Å². The summed E-state index contributed by atoms with van der Waals surface area (Å²) < 4.78 is 0. The van der Waals surface area contributed by atoms with Crippen LogP contribution in [0.25, 0.3) is 0 Å². The zero-order valence-electron chi connectivity index (χ0n) is 4.79. The summed E-state index contributed by atoms with van der Waals surface area (Å²) in [5.74, 6) is -0.879. The Bertz CT molecular complexity index is 217. The lowest BCUT2D eigenvalue weighted by Gasteiger charge is -1.93. The maximum absolute atomic E-state index is 10.2. The Morgan fingerprint density at radius 3 is 2.89 bits per heavy atom. The monoisotopic (exact) mass is 122 g/mol. The van der Waals surface area contributed by atoms with Gasteiger partial charge in [-0.3, -0.25) is 0 Å². The first-order valence-electron chi connectivity index (χ1n) is 2.64. The van der Waals surface area contributed by atoms with E-state index >= 15 is 0 Å². The van der Waals surface area contributed by atoms with Crippen molar-refractivity contribution in [2.75, 3.05) is 0 Å². The van der Waals surface area contributed by atoms with Crippen LogP contribution in [0.15, 0.2) is 29.5 Å². The van der Waals surface area contributed by atoms with Crippen LogP contribution in [0.2, 0.25) is 0 Å². The predicted molar refractivity (Wildman–Crippen MR) is 33.0 cm³/mol. The van der Waals surface area contributed by atoms with E-state index in [0.29, 0.717) is 12.0 Å². The summed E-state index contributed by atoms with van der Waals surface area (Å²) in [5, 5.41) is 8.38. The quantitative estimate of drug-likeness (QED) is 0.529. The number of aliphatic carboxylic acids is 1. The lowest BCUT2D eigenvalue weighted by atomic mass is 10.1. The van der Waals surface area contributed by atoms with Gasteiger partial charge in [-0.25, -0.2) is 4.79 Å². The molecule has 0 aromatic heterocycles. The summed E-state index contributed by atoms with van der Waals surface area (Å²) in [5.41, 5.74) is 2.95. The number of allylic oxidation sites excluding steroid dienone is 2. The van der Waals surface area contributed by atoms with Gasteiger partial charge < -0.3 is 5.11 Å². The summed E-state index contributed by atoms with van der Waals surface area (Å²) in [7, 11) is 0. The molecule has 1 N–H and O–H groups in total. The summed E-state index contributed by atoms with van der Waals surface area (Å²) in [6, 6.07) is 0. The molecule has 0 heterocycles. The fraction of sp³-hybridized carbons (Fsp3) is 0.143. The molecule has 0 bridgehead atoms. The Labute approximate surface area is 52.8 Å². The normalized spacial score (nSPS) is 15.3. The van der Waals surface area contributed by atoms with Gasteiger partial charge in [-0.05, 0) is 6.08 Å². The van der Waals surface area contributed by atoms with Crippen molar-refractivity contribution >= 4 is 5.97 Å². The number of carbonyl (C=O) groups is 1. The maximum atomic E-state index is 10.2. The molecule has 0 amide bonds. The first-order valence-corrected chi connectivity index (χ1v) is 2.64. The molecule has 0 unspecified atom stereocenters. The van der Waals surface area contributed by atoms with Gasteiger partial charge in [0.25, 0.3) is 0 Å². The van der Waals surface area contributed by atoms with E-state index in [0.717, 1.165) is 0 Å². The molecule has 0 saturated heterocycles. The SMILES string of the molecule is O=C(O)C1=C=CC=CC1. The second-order valence-corrected chi connectivity index (χ2v) is 1.73. The highest BCUT2D eigenvalue weighted by molar-refractivity contribution is 5.86. The van der Waals surface area contributed by atoms with Crippen molar-refractivity contribution < 1.29 is 9.90 Å². The summed E-state index contributed by atoms with van der Waals surface area (Å²) in [6.45, 7) is 0. The Balaban J connectivity index is 2.85. The van der Waals surface area contributed by atoms with E-state index in [1.807, 2.05) is 0 Å². The van der Waals surface area contributed by atoms with Gasteiger partial charge in [-0.15, -0.1) is 5.73 Å². The number of carboxylic acids is 1. The molecule has 1 aliphatic rings. The van der Waals surface area contributed by atoms with E-state index in [9.17, 15) is 4.79 Å². The molecule has 46 valence electrons. The van der Waals surface area contributed by atoms with Crippen LogP contribution in [0.1, 0.15) is 6.42 Å². The lowest BCUT2D eigenvalue weighted by molar-refractivity contribution is -0.132. The largest absolute Gasteiger partial charge is 0.477 e. The molecule has 0 aromatic rings. The minimum atomic E-state index is -0.879. The molecule has 0 spiro atoms. The third kappa shape index (κ3) is 1.31. The minimum Gasteiger partial charge on any atom is -0.477 e. The van der Waals surface area contributed by atoms with Crippen molar-refractivity contribution in [2.45, 2.75) is 6.42 Å². The second kappa shape index (κ2) is 2.33. The number of hydrogen-bond acceptors (Lipinski definition) is 1. The first kappa shape index (κ1) is 5.86. The molecule has 9 heavy (non-hydrogen) atoms. The standard InChI is InChI=1S/C7H6O2/c8-7(9)6-4-2-1-3-5-6/h1-3H,4H2,(H,8,9). The molecule has 0 aromatic carbocycles. The van der Waals surface area contributed by atoms with Gasteiger partial charge in [-0.2, -0.15) is 0 Å². The molecule has 1 aliphatic carbocycles. The van der Waals surface area contributed by atoms with Gasteiger partial charge in [0.2, 0.25) is 0 Å². The molecule has 0 fully saturated rings. The molecule has 0 atom stereocenters. The molecule has 2 nitrogen and oxygen atoms in total. The average Bonchev–Trinajstić information content (AvgIpc) is 1.90. The van der Waals surface area contributed by atoms with Crippen LogP contribution >= 0.6 is 0 Å². The molecule has 0 saturated carbocycles. The zero-order valence-corrected chi connectivity index (χ0v) is 4.79. The van der Waals surface area contributed by atoms with Gasteiger partial charge in [-0.1, -0.05) is 12.2 Å².